The molecule has 0 unspecified atom stereocenters. The van der Waals surface area contributed by atoms with E-state index in [4.69, 9.17) is 4.74 Å². The smallest absolute Gasteiger partial charge is 0.270 e. The highest BCUT2D eigenvalue weighted by molar-refractivity contribution is 5.91. The van der Waals surface area contributed by atoms with E-state index in [-0.39, 0.29) is 11.6 Å². The van der Waals surface area contributed by atoms with Gasteiger partial charge in [-0.25, -0.2) is 0 Å². The third kappa shape index (κ3) is 4.09. The Balaban J connectivity index is 3.10. The second kappa shape index (κ2) is 6.53. The second-order valence-corrected chi connectivity index (χ2v) is 3.98. The minimum Gasteiger partial charge on any atom is -0.493 e. The minimum atomic E-state index is -0.485. The molecule has 19 heavy (non-hydrogen) atoms. The van der Waals surface area contributed by atoms with E-state index in [9.17, 15) is 14.9 Å². The summed E-state index contributed by atoms with van der Waals surface area (Å²) in [5.74, 6) is 0.310. The molecular formula is C13H16N2O4. The second-order valence-electron chi connectivity index (χ2n) is 3.98. The summed E-state index contributed by atoms with van der Waals surface area (Å²) in [7, 11) is 3.26. The standard InChI is InChI=1S/C13H16N2O4/c1-4-19-12-7-6-11(15(17)18)9-10(12)5-8-13(16)14(2)3/h5-9H,4H2,1-3H3. The average Bonchev–Trinajstić information content (AvgIpc) is 2.37. The van der Waals surface area contributed by atoms with Crippen molar-refractivity contribution in [3.63, 3.8) is 0 Å². The molecule has 1 aromatic carbocycles. The first-order chi connectivity index (χ1) is 8.95. The lowest BCUT2D eigenvalue weighted by Gasteiger charge is -2.08. The fraction of sp³-hybridized carbons (Fsp3) is 0.308. The van der Waals surface area contributed by atoms with Gasteiger partial charge < -0.3 is 9.64 Å². The first-order valence-corrected chi connectivity index (χ1v) is 5.76. The molecule has 0 spiro atoms. The van der Waals surface area contributed by atoms with E-state index in [0.717, 1.165) is 0 Å². The monoisotopic (exact) mass is 264 g/mol. The summed E-state index contributed by atoms with van der Waals surface area (Å²) < 4.78 is 5.37. The highest BCUT2D eigenvalue weighted by Crippen LogP contribution is 2.25. The maximum atomic E-state index is 11.5. The zero-order valence-electron chi connectivity index (χ0n) is 11.1. The largest absolute Gasteiger partial charge is 0.493 e. The molecule has 0 N–H and O–H groups in total. The number of nitrogens with zero attached hydrogens (tertiary/aromatic N) is 2. The molecule has 0 bridgehead atoms. The Bertz CT molecular complexity index is 509. The van der Waals surface area contributed by atoms with Gasteiger partial charge in [0.25, 0.3) is 5.69 Å². The molecule has 0 radical (unpaired) electrons. The van der Waals surface area contributed by atoms with E-state index >= 15 is 0 Å². The molecule has 0 atom stereocenters. The van der Waals surface area contributed by atoms with Crippen molar-refractivity contribution in [3.05, 3.63) is 40.0 Å². The van der Waals surface area contributed by atoms with Crippen molar-refractivity contribution >= 4 is 17.7 Å². The third-order valence-corrected chi connectivity index (χ3v) is 2.35. The molecule has 0 aliphatic heterocycles. The number of carbonyl (C=O) groups excluding carboxylic acids is 1. The average molecular weight is 264 g/mol. The van der Waals surface area contributed by atoms with Crippen LogP contribution in [0.4, 0.5) is 5.69 Å². The number of likely N-dealkylation sites (N-methyl/N-ethyl adjacent to an activating group) is 1. The van der Waals surface area contributed by atoms with Gasteiger partial charge in [0, 0.05) is 37.9 Å². The molecule has 0 saturated carbocycles. The topological polar surface area (TPSA) is 72.7 Å². The van der Waals surface area contributed by atoms with Crippen LogP contribution in [0, 0.1) is 10.1 Å². The number of rotatable bonds is 5. The van der Waals surface area contributed by atoms with Crippen LogP contribution in [0.1, 0.15) is 12.5 Å². The van der Waals surface area contributed by atoms with Gasteiger partial charge >= 0.3 is 0 Å². The Hall–Kier alpha value is -2.37. The Morgan fingerprint density at radius 1 is 1.47 bits per heavy atom. The van der Waals surface area contributed by atoms with Crippen molar-refractivity contribution < 1.29 is 14.5 Å². The van der Waals surface area contributed by atoms with Crippen LogP contribution in [0.5, 0.6) is 5.75 Å². The maximum Gasteiger partial charge on any atom is 0.270 e. The summed E-state index contributed by atoms with van der Waals surface area (Å²) in [6.45, 7) is 2.26. The van der Waals surface area contributed by atoms with Gasteiger partial charge in [-0.3, -0.25) is 14.9 Å². The van der Waals surface area contributed by atoms with Gasteiger partial charge in [-0.15, -0.1) is 0 Å². The van der Waals surface area contributed by atoms with Crippen molar-refractivity contribution in [2.24, 2.45) is 0 Å². The number of ether oxygens (including phenoxy) is 1. The molecule has 0 heterocycles. The van der Waals surface area contributed by atoms with E-state index in [1.807, 2.05) is 6.92 Å². The van der Waals surface area contributed by atoms with Crippen LogP contribution < -0.4 is 4.74 Å². The number of hydrogen-bond donors (Lipinski definition) is 0. The van der Waals surface area contributed by atoms with E-state index in [0.29, 0.717) is 17.9 Å². The van der Waals surface area contributed by atoms with Gasteiger partial charge in [-0.05, 0) is 19.1 Å². The highest BCUT2D eigenvalue weighted by Gasteiger charge is 2.10. The Labute approximate surface area is 111 Å². The predicted octanol–water partition coefficient (Wildman–Crippen LogP) is 2.09. The molecule has 6 nitrogen and oxygen atoms in total. The normalized spacial score (nSPS) is 10.5. The molecule has 0 aliphatic rings. The van der Waals surface area contributed by atoms with Crippen molar-refractivity contribution in [3.8, 4) is 5.75 Å². The van der Waals surface area contributed by atoms with Gasteiger partial charge in [-0.2, -0.15) is 0 Å². The van der Waals surface area contributed by atoms with Crippen LogP contribution in [0.25, 0.3) is 6.08 Å². The lowest BCUT2D eigenvalue weighted by molar-refractivity contribution is -0.384. The number of nitro groups is 1. The van der Waals surface area contributed by atoms with Crippen molar-refractivity contribution in [2.45, 2.75) is 6.92 Å². The Morgan fingerprint density at radius 3 is 2.68 bits per heavy atom. The molecular weight excluding hydrogens is 248 g/mol. The molecule has 1 amide bonds. The molecule has 102 valence electrons. The van der Waals surface area contributed by atoms with Gasteiger partial charge in [0.1, 0.15) is 5.75 Å². The van der Waals surface area contributed by atoms with E-state index in [1.165, 1.54) is 35.3 Å². The van der Waals surface area contributed by atoms with Gasteiger partial charge in [0.2, 0.25) is 5.91 Å². The summed E-state index contributed by atoms with van der Waals surface area (Å²) >= 11 is 0. The zero-order valence-corrected chi connectivity index (χ0v) is 11.1. The Morgan fingerprint density at radius 2 is 2.16 bits per heavy atom. The molecule has 1 aromatic rings. The quantitative estimate of drug-likeness (QED) is 0.464. The van der Waals surface area contributed by atoms with Crippen LogP contribution >= 0.6 is 0 Å². The lowest BCUT2D eigenvalue weighted by Crippen LogP contribution is -2.18. The predicted molar refractivity (Wildman–Crippen MR) is 72.0 cm³/mol. The zero-order chi connectivity index (χ0) is 14.4. The number of carbonyl (C=O) groups is 1. The first-order valence-electron chi connectivity index (χ1n) is 5.76. The van der Waals surface area contributed by atoms with Gasteiger partial charge in [0.15, 0.2) is 0 Å². The van der Waals surface area contributed by atoms with E-state index in [1.54, 1.807) is 14.1 Å². The van der Waals surface area contributed by atoms with Crippen LogP contribution in [0.15, 0.2) is 24.3 Å². The molecule has 0 saturated heterocycles. The Kier molecular flexibility index (Phi) is 5.05. The van der Waals surface area contributed by atoms with Crippen molar-refractivity contribution in [2.75, 3.05) is 20.7 Å². The van der Waals surface area contributed by atoms with Crippen LogP contribution in [-0.2, 0) is 4.79 Å². The fourth-order valence-corrected chi connectivity index (χ4v) is 1.38. The number of benzene rings is 1. The number of amides is 1. The van der Waals surface area contributed by atoms with Crippen LogP contribution in [-0.4, -0.2) is 36.4 Å². The van der Waals surface area contributed by atoms with Crippen LogP contribution in [0.3, 0.4) is 0 Å². The summed E-state index contributed by atoms with van der Waals surface area (Å²) in [5.41, 5.74) is 0.464. The lowest BCUT2D eigenvalue weighted by atomic mass is 10.1. The molecule has 0 aromatic heterocycles. The number of hydrogen-bond acceptors (Lipinski definition) is 4. The molecule has 6 heteroatoms. The van der Waals surface area contributed by atoms with Crippen molar-refractivity contribution in [1.29, 1.82) is 0 Å². The van der Waals surface area contributed by atoms with Gasteiger partial charge in [0.05, 0.1) is 11.5 Å². The minimum absolute atomic E-state index is 0.0413. The van der Waals surface area contributed by atoms with Crippen molar-refractivity contribution in [1.82, 2.24) is 4.90 Å². The van der Waals surface area contributed by atoms with Gasteiger partial charge in [-0.1, -0.05) is 0 Å². The number of nitro benzene ring substituents is 1. The third-order valence-electron chi connectivity index (χ3n) is 2.35. The molecule has 0 fully saturated rings. The number of non-ortho nitro benzene ring substituents is 1. The maximum absolute atomic E-state index is 11.5. The summed E-state index contributed by atoms with van der Waals surface area (Å²) in [6, 6.07) is 4.28. The summed E-state index contributed by atoms with van der Waals surface area (Å²) in [4.78, 5) is 23.1. The summed E-state index contributed by atoms with van der Waals surface area (Å²) in [5, 5.41) is 10.7. The molecule has 1 rings (SSSR count). The first kappa shape index (κ1) is 14.7. The SMILES string of the molecule is CCOc1ccc([N+](=O)[O-])cc1C=CC(=O)N(C)C. The van der Waals surface area contributed by atoms with E-state index in [2.05, 4.69) is 0 Å². The van der Waals surface area contributed by atoms with E-state index < -0.39 is 4.92 Å². The highest BCUT2D eigenvalue weighted by atomic mass is 16.6. The summed E-state index contributed by atoms with van der Waals surface area (Å²) in [6.07, 6.45) is 2.86. The molecule has 0 aliphatic carbocycles. The fourth-order valence-electron chi connectivity index (χ4n) is 1.38. The van der Waals surface area contributed by atoms with Crippen LogP contribution in [0.2, 0.25) is 0 Å².